The number of non-ortho nitro benzene ring substituents is 1. The van der Waals surface area contributed by atoms with Gasteiger partial charge in [-0.1, -0.05) is 0 Å². The number of nitro groups is 1. The molecule has 0 unspecified atom stereocenters. The number of likely N-dealkylation sites (N-methyl/N-ethyl adjacent to an activating group) is 1. The largest absolute Gasteiger partial charge is 0.478 e. The van der Waals surface area contributed by atoms with Gasteiger partial charge < -0.3 is 14.6 Å². The van der Waals surface area contributed by atoms with E-state index in [0.717, 1.165) is 12.8 Å². The number of hydrogen-bond acceptors (Lipinski definition) is 5. The molecule has 1 fully saturated rings. The molecule has 1 aromatic heterocycles. The van der Waals surface area contributed by atoms with Crippen LogP contribution in [-0.2, 0) is 11.3 Å². The van der Waals surface area contributed by atoms with Crippen LogP contribution < -0.4 is 15.6 Å². The maximum atomic E-state index is 12.6. The van der Waals surface area contributed by atoms with Gasteiger partial charge in [0.05, 0.1) is 10.4 Å². The standard InChI is InChI=1S/C16H17N3O5/c1-17-15(20)9-24-14-7-11-6-12(19(22)23)4-5-13(11)18(16(14)21)8-10-2-3-10/h4-7,10H,2-3,8-9H2,1H3,(H,17,20). The first kappa shape index (κ1) is 16.0. The molecule has 0 atom stereocenters. The molecule has 8 nitrogen and oxygen atoms in total. The van der Waals surface area contributed by atoms with Gasteiger partial charge in [-0.05, 0) is 30.9 Å². The van der Waals surface area contributed by atoms with Crippen LogP contribution in [0.1, 0.15) is 12.8 Å². The fraction of sp³-hybridized carbons (Fsp3) is 0.375. The van der Waals surface area contributed by atoms with E-state index in [0.29, 0.717) is 23.4 Å². The van der Waals surface area contributed by atoms with Crippen LogP contribution in [0.25, 0.3) is 10.9 Å². The predicted octanol–water partition coefficient (Wildman–Crippen LogP) is 1.44. The number of carbonyl (C=O) groups is 1. The highest BCUT2D eigenvalue weighted by Crippen LogP contribution is 2.32. The van der Waals surface area contributed by atoms with E-state index < -0.39 is 4.92 Å². The normalized spacial score (nSPS) is 13.7. The van der Waals surface area contributed by atoms with Gasteiger partial charge in [-0.3, -0.25) is 19.7 Å². The van der Waals surface area contributed by atoms with E-state index in [9.17, 15) is 19.7 Å². The van der Waals surface area contributed by atoms with Crippen molar-refractivity contribution in [2.75, 3.05) is 13.7 Å². The SMILES string of the molecule is CNC(=O)COc1cc2cc([N+](=O)[O-])ccc2n(CC2CC2)c1=O. The molecule has 1 N–H and O–H groups in total. The number of rotatable bonds is 6. The van der Waals surface area contributed by atoms with Crippen molar-refractivity contribution in [3.8, 4) is 5.75 Å². The average molecular weight is 331 g/mol. The summed E-state index contributed by atoms with van der Waals surface area (Å²) in [4.78, 5) is 34.5. The van der Waals surface area contributed by atoms with Crippen LogP contribution in [0.15, 0.2) is 29.1 Å². The van der Waals surface area contributed by atoms with Crippen LogP contribution in [0.2, 0.25) is 0 Å². The van der Waals surface area contributed by atoms with Gasteiger partial charge in [0.25, 0.3) is 17.2 Å². The van der Waals surface area contributed by atoms with E-state index in [1.807, 2.05) is 0 Å². The third-order valence-corrected chi connectivity index (χ3v) is 4.03. The first-order chi connectivity index (χ1) is 11.5. The monoisotopic (exact) mass is 331 g/mol. The van der Waals surface area contributed by atoms with E-state index in [1.165, 1.54) is 25.2 Å². The number of carbonyl (C=O) groups excluding carboxylic acids is 1. The smallest absolute Gasteiger partial charge is 0.293 e. The predicted molar refractivity (Wildman–Crippen MR) is 87.1 cm³/mol. The Labute approximate surface area is 137 Å². The Kier molecular flexibility index (Phi) is 4.20. The molecular weight excluding hydrogens is 314 g/mol. The number of pyridine rings is 1. The summed E-state index contributed by atoms with van der Waals surface area (Å²) in [5.41, 5.74) is 0.244. The minimum Gasteiger partial charge on any atom is -0.478 e. The quantitative estimate of drug-likeness (QED) is 0.637. The first-order valence-electron chi connectivity index (χ1n) is 7.65. The molecule has 0 aliphatic heterocycles. The van der Waals surface area contributed by atoms with Crippen molar-refractivity contribution in [1.29, 1.82) is 0 Å². The molecule has 0 saturated heterocycles. The molecule has 1 heterocycles. The molecule has 3 rings (SSSR count). The van der Waals surface area contributed by atoms with Gasteiger partial charge in [0, 0.05) is 31.1 Å². The Balaban J connectivity index is 2.08. The number of nitrogens with zero attached hydrogens (tertiary/aromatic N) is 2. The van der Waals surface area contributed by atoms with Gasteiger partial charge in [-0.25, -0.2) is 0 Å². The summed E-state index contributed by atoms with van der Waals surface area (Å²) in [7, 11) is 1.47. The van der Waals surface area contributed by atoms with Crippen molar-refractivity contribution in [3.63, 3.8) is 0 Å². The fourth-order valence-corrected chi connectivity index (χ4v) is 2.52. The van der Waals surface area contributed by atoms with Crippen molar-refractivity contribution >= 4 is 22.5 Å². The molecule has 24 heavy (non-hydrogen) atoms. The average Bonchev–Trinajstić information content (AvgIpc) is 3.39. The molecule has 1 amide bonds. The molecule has 126 valence electrons. The van der Waals surface area contributed by atoms with Crippen LogP contribution in [0.3, 0.4) is 0 Å². The lowest BCUT2D eigenvalue weighted by Gasteiger charge is -2.13. The Morgan fingerprint density at radius 1 is 1.42 bits per heavy atom. The molecule has 0 radical (unpaired) electrons. The summed E-state index contributed by atoms with van der Waals surface area (Å²) < 4.78 is 6.90. The highest BCUT2D eigenvalue weighted by Gasteiger charge is 2.24. The molecule has 1 saturated carbocycles. The number of nitrogens with one attached hydrogen (secondary N) is 1. The maximum Gasteiger partial charge on any atom is 0.293 e. The van der Waals surface area contributed by atoms with Crippen LogP contribution in [0, 0.1) is 16.0 Å². The first-order valence-corrected chi connectivity index (χ1v) is 7.65. The zero-order valence-corrected chi connectivity index (χ0v) is 13.2. The minimum atomic E-state index is -0.485. The Hall–Kier alpha value is -2.90. The van der Waals surface area contributed by atoms with Gasteiger partial charge in [0.2, 0.25) is 0 Å². The second-order valence-electron chi connectivity index (χ2n) is 5.83. The van der Waals surface area contributed by atoms with E-state index in [1.54, 1.807) is 10.6 Å². The van der Waals surface area contributed by atoms with Crippen molar-refractivity contribution in [2.24, 2.45) is 5.92 Å². The Bertz CT molecular complexity index is 870. The van der Waals surface area contributed by atoms with Crippen molar-refractivity contribution in [2.45, 2.75) is 19.4 Å². The van der Waals surface area contributed by atoms with Gasteiger partial charge in [-0.2, -0.15) is 0 Å². The van der Waals surface area contributed by atoms with Crippen molar-refractivity contribution in [1.82, 2.24) is 9.88 Å². The van der Waals surface area contributed by atoms with Crippen LogP contribution in [0.4, 0.5) is 5.69 Å². The molecular formula is C16H17N3O5. The zero-order valence-electron chi connectivity index (χ0n) is 13.2. The van der Waals surface area contributed by atoms with E-state index in [-0.39, 0.29) is 29.5 Å². The van der Waals surface area contributed by atoms with Crippen molar-refractivity contribution < 1.29 is 14.5 Å². The number of benzene rings is 1. The molecule has 1 aliphatic carbocycles. The highest BCUT2D eigenvalue weighted by molar-refractivity contribution is 5.83. The summed E-state index contributed by atoms with van der Waals surface area (Å²) in [6.07, 6.45) is 2.12. The molecule has 1 aromatic carbocycles. The van der Waals surface area contributed by atoms with Crippen LogP contribution >= 0.6 is 0 Å². The summed E-state index contributed by atoms with van der Waals surface area (Å²) >= 11 is 0. The molecule has 0 bridgehead atoms. The van der Waals surface area contributed by atoms with Gasteiger partial charge in [0.1, 0.15) is 0 Å². The third kappa shape index (κ3) is 3.22. The lowest BCUT2D eigenvalue weighted by atomic mass is 10.1. The second-order valence-corrected chi connectivity index (χ2v) is 5.83. The number of fused-ring (bicyclic) bond motifs is 1. The number of ether oxygens (including phenoxy) is 1. The number of aromatic nitrogens is 1. The zero-order chi connectivity index (χ0) is 17.3. The minimum absolute atomic E-state index is 0.0206. The number of hydrogen-bond donors (Lipinski definition) is 1. The lowest BCUT2D eigenvalue weighted by Crippen LogP contribution is -2.28. The van der Waals surface area contributed by atoms with E-state index in [2.05, 4.69) is 5.32 Å². The van der Waals surface area contributed by atoms with Gasteiger partial charge in [-0.15, -0.1) is 0 Å². The lowest BCUT2D eigenvalue weighted by molar-refractivity contribution is -0.384. The second kappa shape index (κ2) is 6.31. The topological polar surface area (TPSA) is 103 Å². The summed E-state index contributed by atoms with van der Waals surface area (Å²) in [5, 5.41) is 13.9. The van der Waals surface area contributed by atoms with Crippen molar-refractivity contribution in [3.05, 3.63) is 44.7 Å². The Morgan fingerprint density at radius 2 is 2.17 bits per heavy atom. The molecule has 1 aliphatic rings. The third-order valence-electron chi connectivity index (χ3n) is 4.03. The Morgan fingerprint density at radius 3 is 2.79 bits per heavy atom. The van der Waals surface area contributed by atoms with Crippen LogP contribution in [-0.4, -0.2) is 29.1 Å². The van der Waals surface area contributed by atoms with E-state index in [4.69, 9.17) is 4.74 Å². The van der Waals surface area contributed by atoms with E-state index >= 15 is 0 Å². The highest BCUT2D eigenvalue weighted by atomic mass is 16.6. The molecule has 0 spiro atoms. The summed E-state index contributed by atoms with van der Waals surface area (Å²) in [5.74, 6) is 0.102. The maximum absolute atomic E-state index is 12.6. The summed E-state index contributed by atoms with van der Waals surface area (Å²) in [6, 6.07) is 5.83. The number of amides is 1. The van der Waals surface area contributed by atoms with Gasteiger partial charge >= 0.3 is 0 Å². The fourth-order valence-electron chi connectivity index (χ4n) is 2.52. The number of nitro benzene ring substituents is 1. The van der Waals surface area contributed by atoms with Crippen LogP contribution in [0.5, 0.6) is 5.75 Å². The molecule has 2 aromatic rings. The summed E-state index contributed by atoms with van der Waals surface area (Å²) in [6.45, 7) is 0.264. The molecule has 8 heteroatoms. The van der Waals surface area contributed by atoms with Gasteiger partial charge in [0.15, 0.2) is 12.4 Å².